The van der Waals surface area contributed by atoms with E-state index in [1.54, 1.807) is 0 Å². The summed E-state index contributed by atoms with van der Waals surface area (Å²) in [6.07, 6.45) is 3.61. The van der Waals surface area contributed by atoms with E-state index in [-0.39, 0.29) is 0 Å². The van der Waals surface area contributed by atoms with Crippen LogP contribution in [-0.4, -0.2) is 6.54 Å². The Labute approximate surface area is 123 Å². The van der Waals surface area contributed by atoms with Crippen molar-refractivity contribution in [3.63, 3.8) is 0 Å². The fourth-order valence-electron chi connectivity index (χ4n) is 2.50. The van der Waals surface area contributed by atoms with Crippen LogP contribution in [-0.2, 0) is 6.54 Å². The van der Waals surface area contributed by atoms with Gasteiger partial charge in [0.2, 0.25) is 0 Å². The highest BCUT2D eigenvalue weighted by atomic mass is 35.5. The van der Waals surface area contributed by atoms with Gasteiger partial charge in [-0.25, -0.2) is 0 Å². The average molecular weight is 298 g/mol. The molecule has 2 nitrogen and oxygen atoms in total. The molecule has 1 aromatic heterocycles. The Kier molecular flexibility index (Phi) is 3.75. The topological polar surface area (TPSA) is 25.2 Å². The summed E-state index contributed by atoms with van der Waals surface area (Å²) in [6, 6.07) is 3.89. The first kappa shape index (κ1) is 13.3. The van der Waals surface area contributed by atoms with Gasteiger partial charge in [0.15, 0.2) is 5.58 Å². The van der Waals surface area contributed by atoms with Crippen molar-refractivity contribution in [1.82, 2.24) is 5.32 Å². The molecule has 0 amide bonds. The van der Waals surface area contributed by atoms with Gasteiger partial charge >= 0.3 is 0 Å². The molecule has 19 heavy (non-hydrogen) atoms. The minimum Gasteiger partial charge on any atom is -0.458 e. The minimum atomic E-state index is 0.530. The molecular formula is C15H17Cl2NO. The first-order valence-electron chi connectivity index (χ1n) is 6.82. The summed E-state index contributed by atoms with van der Waals surface area (Å²) in [6.45, 7) is 3.92. The largest absolute Gasteiger partial charge is 0.458 e. The zero-order valence-electron chi connectivity index (χ0n) is 10.9. The van der Waals surface area contributed by atoms with Gasteiger partial charge in [0.05, 0.1) is 11.6 Å². The van der Waals surface area contributed by atoms with E-state index in [1.807, 2.05) is 12.1 Å². The molecule has 102 valence electrons. The Hall–Kier alpha value is -0.700. The fraction of sp³-hybridized carbons (Fsp3) is 0.467. The van der Waals surface area contributed by atoms with Gasteiger partial charge in [0.25, 0.3) is 0 Å². The maximum absolute atomic E-state index is 6.25. The van der Waals surface area contributed by atoms with Crippen molar-refractivity contribution in [2.24, 2.45) is 0 Å². The highest BCUT2D eigenvalue weighted by Crippen LogP contribution is 2.48. The standard InChI is InChI=1S/C15H17Cl2NO/c1-2-7-18-8-12-13(9-3-4-9)10-5-6-11(16)14(17)15(10)19-12/h5-6,9,18H,2-4,7-8H2,1H3. The lowest BCUT2D eigenvalue weighted by atomic mass is 10.1. The van der Waals surface area contributed by atoms with Gasteiger partial charge in [0.1, 0.15) is 10.8 Å². The summed E-state index contributed by atoms with van der Waals surface area (Å²) < 4.78 is 5.98. The van der Waals surface area contributed by atoms with E-state index in [9.17, 15) is 0 Å². The van der Waals surface area contributed by atoms with Crippen molar-refractivity contribution >= 4 is 34.2 Å². The van der Waals surface area contributed by atoms with E-state index in [0.29, 0.717) is 16.0 Å². The molecule has 1 aliphatic rings. The summed E-state index contributed by atoms with van der Waals surface area (Å²) in [5, 5.41) is 5.61. The molecule has 1 heterocycles. The number of rotatable bonds is 5. The van der Waals surface area contributed by atoms with Gasteiger partial charge in [0, 0.05) is 10.9 Å². The van der Waals surface area contributed by atoms with Crippen LogP contribution in [0.4, 0.5) is 0 Å². The molecule has 0 saturated heterocycles. The zero-order valence-corrected chi connectivity index (χ0v) is 12.4. The predicted molar refractivity (Wildman–Crippen MR) is 80.2 cm³/mol. The number of hydrogen-bond acceptors (Lipinski definition) is 2. The Bertz CT molecular complexity index is 602. The highest BCUT2D eigenvalue weighted by molar-refractivity contribution is 6.44. The zero-order chi connectivity index (χ0) is 13.4. The lowest BCUT2D eigenvalue weighted by Gasteiger charge is -2.02. The molecule has 3 rings (SSSR count). The third-order valence-electron chi connectivity index (χ3n) is 3.56. The molecule has 1 aliphatic carbocycles. The first-order chi connectivity index (χ1) is 9.22. The van der Waals surface area contributed by atoms with Gasteiger partial charge in [-0.2, -0.15) is 0 Å². The SMILES string of the molecule is CCCNCc1oc2c(Cl)c(Cl)ccc2c1C1CC1. The molecule has 1 N–H and O–H groups in total. The van der Waals surface area contributed by atoms with Gasteiger partial charge in [-0.15, -0.1) is 0 Å². The molecule has 1 aromatic carbocycles. The van der Waals surface area contributed by atoms with Crippen molar-refractivity contribution < 1.29 is 4.42 Å². The van der Waals surface area contributed by atoms with Crippen LogP contribution in [0.2, 0.25) is 10.0 Å². The normalized spacial score (nSPS) is 15.3. The molecule has 0 atom stereocenters. The van der Waals surface area contributed by atoms with E-state index in [0.717, 1.165) is 36.2 Å². The quantitative estimate of drug-likeness (QED) is 0.775. The predicted octanol–water partition coefficient (Wildman–Crippen LogP) is 5.12. The van der Waals surface area contributed by atoms with E-state index >= 15 is 0 Å². The summed E-state index contributed by atoms with van der Waals surface area (Å²) >= 11 is 12.3. The number of fused-ring (bicyclic) bond motifs is 1. The van der Waals surface area contributed by atoms with Gasteiger partial charge in [-0.1, -0.05) is 30.1 Å². The van der Waals surface area contributed by atoms with Crippen LogP contribution in [0.3, 0.4) is 0 Å². The van der Waals surface area contributed by atoms with E-state index in [1.165, 1.54) is 18.4 Å². The van der Waals surface area contributed by atoms with Gasteiger partial charge < -0.3 is 9.73 Å². The van der Waals surface area contributed by atoms with Gasteiger partial charge in [-0.3, -0.25) is 0 Å². The Morgan fingerprint density at radius 1 is 1.32 bits per heavy atom. The van der Waals surface area contributed by atoms with Crippen LogP contribution < -0.4 is 5.32 Å². The van der Waals surface area contributed by atoms with E-state index in [4.69, 9.17) is 27.6 Å². The molecular weight excluding hydrogens is 281 g/mol. The highest BCUT2D eigenvalue weighted by Gasteiger charge is 2.31. The summed E-state index contributed by atoms with van der Waals surface area (Å²) in [5.41, 5.74) is 2.07. The third-order valence-corrected chi connectivity index (χ3v) is 4.35. The Morgan fingerprint density at radius 3 is 2.79 bits per heavy atom. The Morgan fingerprint density at radius 2 is 2.11 bits per heavy atom. The van der Waals surface area contributed by atoms with Gasteiger partial charge in [-0.05, 0) is 43.9 Å². The summed E-state index contributed by atoms with van der Waals surface area (Å²) in [7, 11) is 0. The molecule has 1 fully saturated rings. The smallest absolute Gasteiger partial charge is 0.154 e. The first-order valence-corrected chi connectivity index (χ1v) is 7.58. The molecule has 1 saturated carbocycles. The van der Waals surface area contributed by atoms with Crippen LogP contribution in [0.5, 0.6) is 0 Å². The number of hydrogen-bond donors (Lipinski definition) is 1. The van der Waals surface area contributed by atoms with E-state index < -0.39 is 0 Å². The van der Waals surface area contributed by atoms with Crippen molar-refractivity contribution in [3.05, 3.63) is 33.5 Å². The van der Waals surface area contributed by atoms with Crippen molar-refractivity contribution in [3.8, 4) is 0 Å². The second kappa shape index (κ2) is 5.35. The lowest BCUT2D eigenvalue weighted by molar-refractivity contribution is 0.507. The van der Waals surface area contributed by atoms with Crippen molar-refractivity contribution in [2.45, 2.75) is 38.6 Å². The molecule has 4 heteroatoms. The lowest BCUT2D eigenvalue weighted by Crippen LogP contribution is -2.14. The number of nitrogens with one attached hydrogen (secondary N) is 1. The van der Waals surface area contributed by atoms with Crippen LogP contribution >= 0.6 is 23.2 Å². The van der Waals surface area contributed by atoms with Crippen molar-refractivity contribution in [1.29, 1.82) is 0 Å². The Balaban J connectivity index is 2.04. The summed E-state index contributed by atoms with van der Waals surface area (Å²) in [5.74, 6) is 1.66. The van der Waals surface area contributed by atoms with Crippen LogP contribution in [0.25, 0.3) is 11.0 Å². The number of furan rings is 1. The molecule has 0 aliphatic heterocycles. The second-order valence-corrected chi connectivity index (χ2v) is 5.91. The van der Waals surface area contributed by atoms with Crippen molar-refractivity contribution in [2.75, 3.05) is 6.54 Å². The summed E-state index contributed by atoms with van der Waals surface area (Å²) in [4.78, 5) is 0. The molecule has 0 spiro atoms. The number of halogens is 2. The maximum atomic E-state index is 6.25. The second-order valence-electron chi connectivity index (χ2n) is 5.13. The number of benzene rings is 1. The molecule has 0 bridgehead atoms. The minimum absolute atomic E-state index is 0.530. The van der Waals surface area contributed by atoms with E-state index in [2.05, 4.69) is 12.2 Å². The maximum Gasteiger partial charge on any atom is 0.154 e. The average Bonchev–Trinajstić information content (AvgIpc) is 3.16. The molecule has 2 aromatic rings. The van der Waals surface area contributed by atoms with Crippen LogP contribution in [0.15, 0.2) is 16.5 Å². The fourth-order valence-corrected chi connectivity index (χ4v) is 2.85. The monoisotopic (exact) mass is 297 g/mol. The molecule has 0 radical (unpaired) electrons. The third kappa shape index (κ3) is 2.49. The molecule has 0 unspecified atom stereocenters. The van der Waals surface area contributed by atoms with Crippen LogP contribution in [0, 0.1) is 0 Å². The van der Waals surface area contributed by atoms with Crippen LogP contribution in [0.1, 0.15) is 43.4 Å².